The quantitative estimate of drug-likeness (QED) is 0.626. The van der Waals surface area contributed by atoms with E-state index < -0.39 is 23.9 Å². The summed E-state index contributed by atoms with van der Waals surface area (Å²) in [5, 5.41) is 6.71. The molecule has 2 rings (SSSR count). The normalized spacial score (nSPS) is 11.3. The third-order valence-corrected chi connectivity index (χ3v) is 4.12. The highest BCUT2D eigenvalue weighted by molar-refractivity contribution is 7.12. The lowest BCUT2D eigenvalue weighted by atomic mass is 10.2. The van der Waals surface area contributed by atoms with Gasteiger partial charge < -0.3 is 21.1 Å². The molecule has 0 aliphatic heterocycles. The van der Waals surface area contributed by atoms with Crippen LogP contribution in [0, 0.1) is 0 Å². The average Bonchev–Trinajstić information content (AvgIpc) is 3.14. The third kappa shape index (κ3) is 5.42. The lowest BCUT2D eigenvalue weighted by Gasteiger charge is -2.14. The van der Waals surface area contributed by atoms with Crippen LogP contribution in [0.15, 0.2) is 41.8 Å². The fraction of sp³-hybridized carbons (Fsp3) is 0.176. The van der Waals surface area contributed by atoms with Gasteiger partial charge in [0.05, 0.1) is 4.88 Å². The molecule has 0 saturated carbocycles. The standard InChI is InChI=1S/C17H17N3O5S/c1-10(16(23)20-12-6-4-11(5-7-12)15(18)22)25-14(21)9-19-17(24)13-3-2-8-26-13/h2-8,10H,9H2,1H3,(H2,18,22)(H,19,24)(H,20,23)/t10-/m0/s1. The van der Waals surface area contributed by atoms with Crippen molar-refractivity contribution in [2.45, 2.75) is 13.0 Å². The van der Waals surface area contributed by atoms with Crippen molar-refractivity contribution < 1.29 is 23.9 Å². The molecule has 0 unspecified atom stereocenters. The zero-order valence-electron chi connectivity index (χ0n) is 13.9. The topological polar surface area (TPSA) is 128 Å². The average molecular weight is 375 g/mol. The maximum absolute atomic E-state index is 12.0. The lowest BCUT2D eigenvalue weighted by Crippen LogP contribution is -2.35. The van der Waals surface area contributed by atoms with Crippen molar-refractivity contribution in [2.24, 2.45) is 5.73 Å². The Kier molecular flexibility index (Phi) is 6.45. The molecule has 0 bridgehead atoms. The van der Waals surface area contributed by atoms with E-state index in [9.17, 15) is 19.2 Å². The number of nitrogens with two attached hydrogens (primary N) is 1. The van der Waals surface area contributed by atoms with E-state index in [1.165, 1.54) is 42.5 Å². The Balaban J connectivity index is 1.79. The summed E-state index contributed by atoms with van der Waals surface area (Å²) < 4.78 is 4.98. The van der Waals surface area contributed by atoms with Gasteiger partial charge in [-0.3, -0.25) is 19.2 Å². The second-order valence-electron chi connectivity index (χ2n) is 5.22. The summed E-state index contributed by atoms with van der Waals surface area (Å²) in [7, 11) is 0. The molecule has 2 aromatic rings. The Hall–Kier alpha value is -3.20. The van der Waals surface area contributed by atoms with Crippen molar-refractivity contribution in [2.75, 3.05) is 11.9 Å². The van der Waals surface area contributed by atoms with E-state index in [2.05, 4.69) is 10.6 Å². The number of amides is 3. The van der Waals surface area contributed by atoms with Gasteiger partial charge >= 0.3 is 5.97 Å². The monoisotopic (exact) mass is 375 g/mol. The van der Waals surface area contributed by atoms with Gasteiger partial charge in [-0.15, -0.1) is 11.3 Å². The van der Waals surface area contributed by atoms with Gasteiger partial charge in [0.15, 0.2) is 6.10 Å². The summed E-state index contributed by atoms with van der Waals surface area (Å²) >= 11 is 1.25. The molecule has 0 fully saturated rings. The highest BCUT2D eigenvalue weighted by atomic mass is 32.1. The van der Waals surface area contributed by atoms with Gasteiger partial charge in [-0.05, 0) is 42.6 Å². The van der Waals surface area contributed by atoms with E-state index in [1.807, 2.05) is 0 Å². The number of hydrogen-bond acceptors (Lipinski definition) is 6. The number of anilines is 1. The fourth-order valence-electron chi connectivity index (χ4n) is 1.90. The molecule has 0 aliphatic carbocycles. The van der Waals surface area contributed by atoms with Crippen LogP contribution in [0.5, 0.6) is 0 Å². The number of ether oxygens (including phenoxy) is 1. The molecule has 136 valence electrons. The minimum absolute atomic E-state index is 0.309. The first kappa shape index (κ1) is 19.1. The number of esters is 1. The first-order chi connectivity index (χ1) is 12.4. The number of primary amides is 1. The number of carbonyl (C=O) groups excluding carboxylic acids is 4. The first-order valence-corrected chi connectivity index (χ1v) is 8.46. The molecule has 1 heterocycles. The number of thiophene rings is 1. The van der Waals surface area contributed by atoms with Crippen LogP contribution < -0.4 is 16.4 Å². The number of rotatable bonds is 7. The largest absolute Gasteiger partial charge is 0.451 e. The van der Waals surface area contributed by atoms with Crippen molar-refractivity contribution in [3.8, 4) is 0 Å². The van der Waals surface area contributed by atoms with Crippen LogP contribution in [0.2, 0.25) is 0 Å². The van der Waals surface area contributed by atoms with E-state index in [4.69, 9.17) is 10.5 Å². The van der Waals surface area contributed by atoms with Gasteiger partial charge in [0.2, 0.25) is 5.91 Å². The Morgan fingerprint density at radius 2 is 1.85 bits per heavy atom. The summed E-state index contributed by atoms with van der Waals surface area (Å²) in [5.74, 6) is -2.24. The van der Waals surface area contributed by atoms with Crippen LogP contribution in [-0.2, 0) is 14.3 Å². The molecule has 3 amide bonds. The molecule has 1 aromatic heterocycles. The van der Waals surface area contributed by atoms with Crippen LogP contribution in [-0.4, -0.2) is 36.3 Å². The predicted octanol–water partition coefficient (Wildman–Crippen LogP) is 1.15. The molecule has 26 heavy (non-hydrogen) atoms. The van der Waals surface area contributed by atoms with Crippen molar-refractivity contribution in [1.82, 2.24) is 5.32 Å². The van der Waals surface area contributed by atoms with Crippen LogP contribution in [0.1, 0.15) is 27.0 Å². The molecular weight excluding hydrogens is 358 g/mol. The Morgan fingerprint density at radius 1 is 1.15 bits per heavy atom. The summed E-state index contributed by atoms with van der Waals surface area (Å²) in [5.41, 5.74) is 5.87. The van der Waals surface area contributed by atoms with Crippen LogP contribution in [0.25, 0.3) is 0 Å². The van der Waals surface area contributed by atoms with Crippen LogP contribution >= 0.6 is 11.3 Å². The summed E-state index contributed by atoms with van der Waals surface area (Å²) in [4.78, 5) is 47.0. The summed E-state index contributed by atoms with van der Waals surface area (Å²) in [6, 6.07) is 9.30. The van der Waals surface area contributed by atoms with E-state index in [1.54, 1.807) is 17.5 Å². The maximum Gasteiger partial charge on any atom is 0.326 e. The Labute approximate surface area is 153 Å². The van der Waals surface area contributed by atoms with Crippen LogP contribution in [0.4, 0.5) is 5.69 Å². The number of carbonyl (C=O) groups is 4. The smallest absolute Gasteiger partial charge is 0.326 e. The zero-order valence-corrected chi connectivity index (χ0v) is 14.7. The predicted molar refractivity (Wildman–Crippen MR) is 95.8 cm³/mol. The third-order valence-electron chi connectivity index (χ3n) is 3.25. The van der Waals surface area contributed by atoms with Gasteiger partial charge in [-0.25, -0.2) is 0 Å². The van der Waals surface area contributed by atoms with Gasteiger partial charge in [0.25, 0.3) is 11.8 Å². The Bertz CT molecular complexity index is 802. The van der Waals surface area contributed by atoms with Crippen molar-refractivity contribution >= 4 is 40.7 Å². The van der Waals surface area contributed by atoms with Gasteiger partial charge in [-0.2, -0.15) is 0 Å². The van der Waals surface area contributed by atoms with Crippen molar-refractivity contribution in [3.63, 3.8) is 0 Å². The number of benzene rings is 1. The molecule has 0 radical (unpaired) electrons. The Morgan fingerprint density at radius 3 is 2.42 bits per heavy atom. The van der Waals surface area contributed by atoms with Crippen molar-refractivity contribution in [3.05, 3.63) is 52.2 Å². The van der Waals surface area contributed by atoms with Gasteiger partial charge in [0.1, 0.15) is 6.54 Å². The summed E-state index contributed by atoms with van der Waals surface area (Å²) in [6.07, 6.45) is -1.06. The minimum atomic E-state index is -1.06. The molecule has 0 spiro atoms. The van der Waals surface area contributed by atoms with Crippen LogP contribution in [0.3, 0.4) is 0 Å². The summed E-state index contributed by atoms with van der Waals surface area (Å²) in [6.45, 7) is 1.06. The van der Waals surface area contributed by atoms with E-state index >= 15 is 0 Å². The number of hydrogen-bond donors (Lipinski definition) is 3. The molecule has 4 N–H and O–H groups in total. The highest BCUT2D eigenvalue weighted by Gasteiger charge is 2.19. The van der Waals surface area contributed by atoms with Gasteiger partial charge in [0, 0.05) is 11.3 Å². The maximum atomic E-state index is 12.0. The number of nitrogens with one attached hydrogen (secondary N) is 2. The lowest BCUT2D eigenvalue weighted by molar-refractivity contribution is -0.152. The molecule has 0 saturated heterocycles. The minimum Gasteiger partial charge on any atom is -0.451 e. The molecule has 8 nitrogen and oxygen atoms in total. The van der Waals surface area contributed by atoms with Crippen molar-refractivity contribution in [1.29, 1.82) is 0 Å². The van der Waals surface area contributed by atoms with E-state index in [0.717, 1.165) is 0 Å². The highest BCUT2D eigenvalue weighted by Crippen LogP contribution is 2.10. The molecule has 1 aromatic carbocycles. The zero-order chi connectivity index (χ0) is 19.1. The molecular formula is C17H17N3O5S. The SMILES string of the molecule is C[C@H](OC(=O)CNC(=O)c1cccs1)C(=O)Nc1ccc(C(N)=O)cc1. The molecule has 0 aliphatic rings. The van der Waals surface area contributed by atoms with E-state index in [0.29, 0.717) is 16.1 Å². The fourth-order valence-corrected chi connectivity index (χ4v) is 2.54. The van der Waals surface area contributed by atoms with E-state index in [-0.39, 0.29) is 12.5 Å². The molecule has 1 atom stereocenters. The molecule has 9 heteroatoms. The second kappa shape index (κ2) is 8.77. The first-order valence-electron chi connectivity index (χ1n) is 7.58. The second-order valence-corrected chi connectivity index (χ2v) is 6.17. The van der Waals surface area contributed by atoms with Gasteiger partial charge in [-0.1, -0.05) is 6.07 Å².